The number of benzene rings is 1. The zero-order chi connectivity index (χ0) is 9.38. The lowest BCUT2D eigenvalue weighted by Crippen LogP contribution is -2.24. The summed E-state index contributed by atoms with van der Waals surface area (Å²) in [6.45, 7) is 0.527. The minimum atomic E-state index is 0.527. The highest BCUT2D eigenvalue weighted by atomic mass is 15.5. The van der Waals surface area contributed by atoms with Gasteiger partial charge in [0, 0.05) is 5.56 Å². The average Bonchev–Trinajstić information content (AvgIpc) is 2.61. The van der Waals surface area contributed by atoms with Crippen LogP contribution < -0.4 is 4.90 Å². The molecule has 0 unspecified atom stereocenters. The van der Waals surface area contributed by atoms with E-state index in [1.54, 1.807) is 6.21 Å². The van der Waals surface area contributed by atoms with Crippen molar-refractivity contribution in [3.63, 3.8) is 0 Å². The van der Waals surface area contributed by atoms with E-state index >= 15 is 0 Å². The fourth-order valence-electron chi connectivity index (χ4n) is 1.52. The zero-order valence-corrected chi connectivity index (χ0v) is 7.33. The molecule has 2 aliphatic rings. The molecule has 5 heteroatoms. The molecule has 1 aromatic rings. The second kappa shape index (κ2) is 2.73. The van der Waals surface area contributed by atoms with E-state index in [0.717, 1.165) is 11.3 Å². The Bertz CT molecular complexity index is 460. The van der Waals surface area contributed by atoms with Gasteiger partial charge >= 0.3 is 0 Å². The van der Waals surface area contributed by atoms with E-state index < -0.39 is 0 Å². The second-order valence-electron chi connectivity index (χ2n) is 3.01. The van der Waals surface area contributed by atoms with Gasteiger partial charge in [-0.2, -0.15) is 10.2 Å². The van der Waals surface area contributed by atoms with Gasteiger partial charge in [-0.05, 0) is 6.07 Å². The molecule has 0 radical (unpaired) electrons. The average molecular weight is 185 g/mol. The van der Waals surface area contributed by atoms with Crippen molar-refractivity contribution in [2.75, 3.05) is 11.6 Å². The van der Waals surface area contributed by atoms with E-state index in [2.05, 4.69) is 20.4 Å². The molecule has 0 spiro atoms. The molecule has 0 atom stereocenters. The van der Waals surface area contributed by atoms with Gasteiger partial charge in [-0.15, -0.1) is 10.2 Å². The lowest BCUT2D eigenvalue weighted by Gasteiger charge is -2.15. The maximum absolute atomic E-state index is 3.95. The third-order valence-electron chi connectivity index (χ3n) is 2.18. The number of hydrogen-bond donors (Lipinski definition) is 0. The van der Waals surface area contributed by atoms with Crippen LogP contribution in [0.2, 0.25) is 0 Å². The lowest BCUT2D eigenvalue weighted by atomic mass is 10.2. The van der Waals surface area contributed by atoms with Crippen LogP contribution in [0.3, 0.4) is 0 Å². The molecule has 0 saturated heterocycles. The summed E-state index contributed by atoms with van der Waals surface area (Å²) in [6.07, 6.45) is 1.73. The Hall–Kier alpha value is -2.04. The first-order chi connectivity index (χ1) is 6.95. The largest absolute Gasteiger partial charge is 0.285 e. The van der Waals surface area contributed by atoms with Crippen molar-refractivity contribution in [2.45, 2.75) is 0 Å². The summed E-state index contributed by atoms with van der Waals surface area (Å²) >= 11 is 0. The molecule has 0 aliphatic carbocycles. The minimum Gasteiger partial charge on any atom is -0.285 e. The number of guanidine groups is 1. The summed E-state index contributed by atoms with van der Waals surface area (Å²) < 4.78 is 0. The number of rotatable bonds is 0. The van der Waals surface area contributed by atoms with E-state index in [-0.39, 0.29) is 0 Å². The van der Waals surface area contributed by atoms with Crippen molar-refractivity contribution >= 4 is 17.9 Å². The Balaban J connectivity index is 2.20. The predicted molar refractivity (Wildman–Crippen MR) is 53.7 cm³/mol. The van der Waals surface area contributed by atoms with Gasteiger partial charge in [0.25, 0.3) is 5.96 Å². The highest BCUT2D eigenvalue weighted by molar-refractivity contribution is 6.03. The first-order valence-electron chi connectivity index (χ1n) is 4.30. The van der Waals surface area contributed by atoms with Crippen molar-refractivity contribution in [1.82, 2.24) is 0 Å². The van der Waals surface area contributed by atoms with Crippen LogP contribution in [-0.2, 0) is 0 Å². The Morgan fingerprint density at radius 3 is 3.14 bits per heavy atom. The summed E-state index contributed by atoms with van der Waals surface area (Å²) in [5.74, 6) is 0.561. The first-order valence-corrected chi connectivity index (χ1v) is 4.30. The SMILES string of the molecule is C1=NN=C2N=NCN2c2ccccc21. The van der Waals surface area contributed by atoms with E-state index in [0.29, 0.717) is 12.6 Å². The van der Waals surface area contributed by atoms with Crippen molar-refractivity contribution in [3.8, 4) is 0 Å². The fourth-order valence-corrected chi connectivity index (χ4v) is 1.52. The highest BCUT2D eigenvalue weighted by Crippen LogP contribution is 2.24. The summed E-state index contributed by atoms with van der Waals surface area (Å²) in [5, 5.41) is 15.7. The topological polar surface area (TPSA) is 52.7 Å². The van der Waals surface area contributed by atoms with Crippen LogP contribution >= 0.6 is 0 Å². The van der Waals surface area contributed by atoms with Crippen LogP contribution in [0.1, 0.15) is 5.56 Å². The molecule has 0 amide bonds. The number of hydrogen-bond acceptors (Lipinski definition) is 5. The first kappa shape index (κ1) is 7.37. The molecule has 2 aliphatic heterocycles. The Kier molecular flexibility index (Phi) is 1.44. The van der Waals surface area contributed by atoms with Crippen molar-refractivity contribution in [2.24, 2.45) is 20.4 Å². The molecule has 2 heterocycles. The zero-order valence-electron chi connectivity index (χ0n) is 7.33. The molecular formula is C9H7N5. The standard InChI is InChI=1S/C9H7N5/c1-2-4-8-7(3-1)5-10-12-9-13-11-6-14(8)9/h1-5H,6H2. The molecule has 0 N–H and O–H groups in total. The monoisotopic (exact) mass is 185 g/mol. The quantitative estimate of drug-likeness (QED) is 0.605. The van der Waals surface area contributed by atoms with Crippen LogP contribution in [0.5, 0.6) is 0 Å². The Labute approximate surface area is 80.5 Å². The highest BCUT2D eigenvalue weighted by Gasteiger charge is 2.21. The Morgan fingerprint density at radius 2 is 2.14 bits per heavy atom. The van der Waals surface area contributed by atoms with Crippen molar-refractivity contribution in [1.29, 1.82) is 0 Å². The third-order valence-corrected chi connectivity index (χ3v) is 2.18. The van der Waals surface area contributed by atoms with Gasteiger partial charge in [-0.1, -0.05) is 18.2 Å². The molecule has 3 rings (SSSR count). The van der Waals surface area contributed by atoms with E-state index in [1.807, 2.05) is 29.2 Å². The van der Waals surface area contributed by atoms with Gasteiger partial charge in [0.15, 0.2) is 0 Å². The maximum atomic E-state index is 3.95. The van der Waals surface area contributed by atoms with Crippen LogP contribution in [0.25, 0.3) is 0 Å². The maximum Gasteiger partial charge on any atom is 0.270 e. The molecular weight excluding hydrogens is 178 g/mol. The van der Waals surface area contributed by atoms with Gasteiger partial charge in [-0.3, -0.25) is 4.90 Å². The van der Waals surface area contributed by atoms with Gasteiger partial charge in [0.05, 0.1) is 11.9 Å². The normalized spacial score (nSPS) is 17.4. The predicted octanol–water partition coefficient (Wildman–Crippen LogP) is 1.62. The number of anilines is 1. The van der Waals surface area contributed by atoms with Gasteiger partial charge < -0.3 is 0 Å². The molecule has 5 nitrogen and oxygen atoms in total. The van der Waals surface area contributed by atoms with Crippen LogP contribution in [0, 0.1) is 0 Å². The summed E-state index contributed by atoms with van der Waals surface area (Å²) in [5.41, 5.74) is 2.09. The molecule has 0 bridgehead atoms. The number of azo groups is 1. The summed E-state index contributed by atoms with van der Waals surface area (Å²) in [7, 11) is 0. The molecule has 68 valence electrons. The smallest absolute Gasteiger partial charge is 0.270 e. The third kappa shape index (κ3) is 0.953. The number of nitrogens with zero attached hydrogens (tertiary/aromatic N) is 5. The second-order valence-corrected chi connectivity index (χ2v) is 3.01. The van der Waals surface area contributed by atoms with Crippen molar-refractivity contribution in [3.05, 3.63) is 29.8 Å². The summed E-state index contributed by atoms with van der Waals surface area (Å²) in [4.78, 5) is 1.93. The summed E-state index contributed by atoms with van der Waals surface area (Å²) in [6, 6.07) is 7.96. The van der Waals surface area contributed by atoms with E-state index in [9.17, 15) is 0 Å². The number of para-hydroxylation sites is 1. The lowest BCUT2D eigenvalue weighted by molar-refractivity contribution is 1.03. The van der Waals surface area contributed by atoms with Crippen LogP contribution in [0.4, 0.5) is 5.69 Å². The molecule has 0 saturated carbocycles. The Morgan fingerprint density at radius 1 is 1.21 bits per heavy atom. The van der Waals surface area contributed by atoms with Gasteiger partial charge in [0.2, 0.25) is 0 Å². The molecule has 0 aromatic heterocycles. The van der Waals surface area contributed by atoms with Gasteiger partial charge in [-0.25, -0.2) is 0 Å². The number of fused-ring (bicyclic) bond motifs is 3. The van der Waals surface area contributed by atoms with Gasteiger partial charge in [0.1, 0.15) is 6.67 Å². The van der Waals surface area contributed by atoms with Crippen LogP contribution in [0.15, 0.2) is 44.7 Å². The molecule has 14 heavy (non-hydrogen) atoms. The van der Waals surface area contributed by atoms with Crippen LogP contribution in [-0.4, -0.2) is 18.8 Å². The van der Waals surface area contributed by atoms with E-state index in [4.69, 9.17) is 0 Å². The molecule has 1 aromatic carbocycles. The molecule has 0 fully saturated rings. The fraction of sp³-hybridized carbons (Fsp3) is 0.111. The van der Waals surface area contributed by atoms with Crippen molar-refractivity contribution < 1.29 is 0 Å². The minimum absolute atomic E-state index is 0.527. The van der Waals surface area contributed by atoms with E-state index in [1.165, 1.54) is 0 Å².